The molecule has 2 aromatic carbocycles. The van der Waals surface area contributed by atoms with E-state index in [2.05, 4.69) is 29.1 Å². The van der Waals surface area contributed by atoms with Crippen molar-refractivity contribution in [2.45, 2.75) is 19.8 Å². The largest absolute Gasteiger partial charge is 0.428 e. The van der Waals surface area contributed by atoms with Crippen LogP contribution < -0.4 is 10.6 Å². The van der Waals surface area contributed by atoms with E-state index in [-0.39, 0.29) is 48.9 Å². The van der Waals surface area contributed by atoms with Crippen LogP contribution in [-0.2, 0) is 21.9 Å². The molecule has 24 heteroatoms. The van der Waals surface area contributed by atoms with E-state index >= 15 is 0 Å². The smallest absolute Gasteiger partial charge is 0.416 e. The number of aliphatic imine (C=N–C) groups is 1. The third-order valence-electron chi connectivity index (χ3n) is 5.15. The van der Waals surface area contributed by atoms with Crippen molar-refractivity contribution in [3.05, 3.63) is 89.8 Å². The van der Waals surface area contributed by atoms with Gasteiger partial charge in [0, 0.05) is 12.7 Å². The Balaban J connectivity index is 0.000000421. The van der Waals surface area contributed by atoms with Crippen LogP contribution in [0.1, 0.15) is 37.9 Å². The van der Waals surface area contributed by atoms with E-state index in [9.17, 15) is 45.5 Å². The average molecular weight is 844 g/mol. The third-order valence-corrected chi connectivity index (χ3v) is 8.74. The Morgan fingerprint density at radius 2 is 1.31 bits per heavy atom. The number of hydroxylamine groups is 2. The molecule has 0 fully saturated rings. The van der Waals surface area contributed by atoms with E-state index in [0.29, 0.717) is 5.06 Å². The molecule has 0 aliphatic heterocycles. The SMILES string of the molecule is C.CN(O)C(=O)c1snc(Cl)c1Cl.O=C(Nc1ccc(C(F)(F)F)cc1)OCNC(=O)c1snc(Cl)c1Cl.O=C=Nc1ccc(C(F)(F)F)cc1. The van der Waals surface area contributed by atoms with Gasteiger partial charge in [-0.25, -0.2) is 14.7 Å². The molecule has 0 aliphatic carbocycles. The molecule has 4 aromatic rings. The fraction of sp³-hybridized carbons (Fsp3) is 0.185. The van der Waals surface area contributed by atoms with Crippen molar-refractivity contribution in [1.82, 2.24) is 19.1 Å². The van der Waals surface area contributed by atoms with Crippen LogP contribution in [0.5, 0.6) is 0 Å². The maximum atomic E-state index is 12.4. The predicted molar refractivity (Wildman–Crippen MR) is 178 cm³/mol. The molecule has 0 unspecified atom stereocenters. The van der Waals surface area contributed by atoms with Crippen molar-refractivity contribution in [1.29, 1.82) is 0 Å². The van der Waals surface area contributed by atoms with Crippen molar-refractivity contribution >= 4 is 105 Å². The lowest BCUT2D eigenvalue weighted by Gasteiger charge is -2.09. The molecule has 0 saturated carbocycles. The summed E-state index contributed by atoms with van der Waals surface area (Å²) >= 11 is 24.1. The van der Waals surface area contributed by atoms with Crippen molar-refractivity contribution < 1.29 is 55.5 Å². The quantitative estimate of drug-likeness (QED) is 0.0432. The highest BCUT2D eigenvalue weighted by atomic mass is 35.5. The fourth-order valence-corrected chi connectivity index (χ4v) is 5.17. The first-order chi connectivity index (χ1) is 23.3. The monoisotopic (exact) mass is 842 g/mol. The minimum atomic E-state index is -4.47. The molecule has 276 valence electrons. The number of benzene rings is 2. The zero-order valence-electron chi connectivity index (χ0n) is 24.2. The number of anilines is 1. The Morgan fingerprint density at radius 1 is 0.863 bits per heavy atom. The van der Waals surface area contributed by atoms with Crippen LogP contribution in [-0.4, -0.2) is 56.8 Å². The van der Waals surface area contributed by atoms with Crippen molar-refractivity contribution in [3.8, 4) is 0 Å². The first-order valence-corrected chi connectivity index (χ1v) is 15.5. The van der Waals surface area contributed by atoms with Gasteiger partial charge in [-0.1, -0.05) is 53.8 Å². The highest BCUT2D eigenvalue weighted by Gasteiger charge is 2.30. The van der Waals surface area contributed by atoms with Crippen LogP contribution in [0.4, 0.5) is 42.5 Å². The summed E-state index contributed by atoms with van der Waals surface area (Å²) in [6.45, 7) is -0.489. The number of hydrogen-bond acceptors (Lipinski definition) is 11. The van der Waals surface area contributed by atoms with Gasteiger partial charge < -0.3 is 10.1 Å². The second kappa shape index (κ2) is 20.1. The Labute approximate surface area is 311 Å². The number of ether oxygens (including phenoxy) is 1. The molecule has 0 spiro atoms. The maximum Gasteiger partial charge on any atom is 0.416 e. The van der Waals surface area contributed by atoms with Crippen LogP contribution >= 0.6 is 69.5 Å². The molecular weight excluding hydrogens is 824 g/mol. The molecule has 3 N–H and O–H groups in total. The average Bonchev–Trinajstić information content (AvgIpc) is 3.56. The highest BCUT2D eigenvalue weighted by molar-refractivity contribution is 7.09. The van der Waals surface area contributed by atoms with Gasteiger partial charge in [-0.3, -0.25) is 20.1 Å². The van der Waals surface area contributed by atoms with Crippen LogP contribution in [0.25, 0.3) is 0 Å². The molecule has 12 nitrogen and oxygen atoms in total. The number of carbonyl (C=O) groups excluding carboxylic acids is 4. The van der Waals surface area contributed by atoms with E-state index in [0.717, 1.165) is 71.6 Å². The van der Waals surface area contributed by atoms with Crippen LogP contribution in [0.2, 0.25) is 20.4 Å². The number of aromatic nitrogens is 2. The molecule has 0 aliphatic rings. The Bertz CT molecular complexity index is 1840. The number of isocyanates is 1. The van der Waals surface area contributed by atoms with E-state index in [1.54, 1.807) is 0 Å². The first kappa shape index (κ1) is 45.0. The van der Waals surface area contributed by atoms with Gasteiger partial charge >= 0.3 is 18.4 Å². The molecule has 4 rings (SSSR count). The van der Waals surface area contributed by atoms with Crippen LogP contribution in [0.15, 0.2) is 53.5 Å². The summed E-state index contributed by atoms with van der Waals surface area (Å²) in [6.07, 6.45) is -8.55. The van der Waals surface area contributed by atoms with Gasteiger partial charge in [0.1, 0.15) is 19.8 Å². The lowest BCUT2D eigenvalue weighted by atomic mass is 10.2. The molecule has 0 atom stereocenters. The number of hydrogen-bond donors (Lipinski definition) is 3. The van der Waals surface area contributed by atoms with Gasteiger partial charge in [0.2, 0.25) is 6.08 Å². The van der Waals surface area contributed by atoms with E-state index < -0.39 is 48.1 Å². The molecule has 0 radical (unpaired) electrons. The van der Waals surface area contributed by atoms with Crippen molar-refractivity contribution in [3.63, 3.8) is 0 Å². The lowest BCUT2D eigenvalue weighted by Crippen LogP contribution is -2.28. The van der Waals surface area contributed by atoms with Crippen molar-refractivity contribution in [2.24, 2.45) is 4.99 Å². The standard InChI is InChI=1S/C13H8Cl2F3N3O3S.C8H4F3NO.C5H4Cl2N2O2S.CH4/c14-8-9(25-21-10(8)15)11(22)19-5-24-12(23)20-7-3-1-6(2-4-7)13(16,17)18;9-8(10,11)6-1-3-7(4-2-6)12-5-13;1-9(11)5(10)3-2(6)4(7)8-12-3;/h1-4H,5H2,(H,19,22)(H,20,23);1-4H;11H,1H3;1H4. The van der Waals surface area contributed by atoms with E-state index in [1.165, 1.54) is 13.1 Å². The lowest BCUT2D eigenvalue weighted by molar-refractivity contribution is -0.138. The minimum Gasteiger partial charge on any atom is -0.428 e. The van der Waals surface area contributed by atoms with E-state index in [4.69, 9.17) is 51.6 Å². The topological polar surface area (TPSA) is 163 Å². The number of nitrogens with zero attached hydrogens (tertiary/aromatic N) is 4. The first-order valence-electron chi connectivity index (χ1n) is 12.5. The summed E-state index contributed by atoms with van der Waals surface area (Å²) in [7, 11) is 1.20. The second-order valence-corrected chi connectivity index (χ2v) is 11.6. The van der Waals surface area contributed by atoms with Gasteiger partial charge in [-0.05, 0) is 71.6 Å². The zero-order chi connectivity index (χ0) is 37.8. The van der Waals surface area contributed by atoms with Crippen molar-refractivity contribution in [2.75, 3.05) is 19.1 Å². The summed E-state index contributed by atoms with van der Waals surface area (Å²) in [5.74, 6) is -1.26. The van der Waals surface area contributed by atoms with Crippen LogP contribution in [0.3, 0.4) is 0 Å². The molecule has 0 bridgehead atoms. The van der Waals surface area contributed by atoms with Crippen LogP contribution in [0, 0.1) is 0 Å². The number of nitrogens with one attached hydrogen (secondary N) is 2. The molecule has 2 heterocycles. The normalized spacial score (nSPS) is 10.5. The predicted octanol–water partition coefficient (Wildman–Crippen LogP) is 9.62. The number of alkyl halides is 6. The van der Waals surface area contributed by atoms with Gasteiger partial charge in [0.05, 0.1) is 16.8 Å². The summed E-state index contributed by atoms with van der Waals surface area (Å²) in [6, 6.07) is 7.69. The summed E-state index contributed by atoms with van der Waals surface area (Å²) < 4.78 is 85.3. The molecule has 0 saturated heterocycles. The summed E-state index contributed by atoms with van der Waals surface area (Å²) in [5, 5.41) is 13.8. The van der Waals surface area contributed by atoms with Gasteiger partial charge in [0.25, 0.3) is 11.8 Å². The number of halogens is 10. The molecular formula is C27H20Cl4F6N6O6S2. The van der Waals surface area contributed by atoms with Gasteiger partial charge in [0.15, 0.2) is 17.0 Å². The molecule has 51 heavy (non-hydrogen) atoms. The summed E-state index contributed by atoms with van der Waals surface area (Å²) in [5.41, 5.74) is -1.36. The second-order valence-electron chi connectivity index (χ2n) is 8.59. The summed E-state index contributed by atoms with van der Waals surface area (Å²) in [4.78, 5) is 47.4. The Hall–Kier alpha value is -4.01. The molecule has 3 amide bonds. The zero-order valence-corrected chi connectivity index (χ0v) is 28.9. The maximum absolute atomic E-state index is 12.4. The number of rotatable bonds is 6. The highest BCUT2D eigenvalue weighted by Crippen LogP contribution is 2.32. The third kappa shape index (κ3) is 14.3. The number of amides is 3. The number of carbonyl (C=O) groups is 3. The Morgan fingerprint density at radius 3 is 1.71 bits per heavy atom. The fourth-order valence-electron chi connectivity index (χ4n) is 2.86. The molecule has 2 aromatic heterocycles. The minimum absolute atomic E-state index is 0. The van der Waals surface area contributed by atoms with E-state index in [1.807, 2.05) is 0 Å². The van der Waals surface area contributed by atoms with Gasteiger partial charge in [-0.2, -0.15) is 40.1 Å². The van der Waals surface area contributed by atoms with Gasteiger partial charge in [-0.15, -0.1) is 0 Å². The Kier molecular flexibility index (Phi) is 17.8.